The average Bonchev–Trinajstić information content (AvgIpc) is 2.91. The quantitative estimate of drug-likeness (QED) is 0.914. The first-order chi connectivity index (χ1) is 11.8. The number of aryl methyl sites for hydroxylation is 3. The molecule has 1 atom stereocenters. The second kappa shape index (κ2) is 6.61. The highest BCUT2D eigenvalue weighted by Gasteiger charge is 2.35. The zero-order valence-electron chi connectivity index (χ0n) is 14.6. The van der Waals surface area contributed by atoms with Crippen LogP contribution in [0.1, 0.15) is 23.1 Å². The van der Waals surface area contributed by atoms with Gasteiger partial charge in [-0.25, -0.2) is 8.42 Å². The molecule has 0 aliphatic carbocycles. The van der Waals surface area contributed by atoms with Crippen molar-refractivity contribution in [3.05, 3.63) is 59.2 Å². The van der Waals surface area contributed by atoms with Gasteiger partial charge in [0.1, 0.15) is 6.04 Å². The normalized spacial score (nSPS) is 18.0. The molecule has 1 amide bonds. The van der Waals surface area contributed by atoms with Gasteiger partial charge in [0, 0.05) is 12.2 Å². The van der Waals surface area contributed by atoms with Gasteiger partial charge in [0.05, 0.1) is 4.90 Å². The summed E-state index contributed by atoms with van der Waals surface area (Å²) >= 11 is 0. The van der Waals surface area contributed by atoms with Crippen LogP contribution >= 0.6 is 0 Å². The highest BCUT2D eigenvalue weighted by molar-refractivity contribution is 7.89. The van der Waals surface area contributed by atoms with E-state index in [2.05, 4.69) is 4.72 Å². The van der Waals surface area contributed by atoms with Crippen LogP contribution in [0.2, 0.25) is 0 Å². The molecule has 132 valence electrons. The summed E-state index contributed by atoms with van der Waals surface area (Å²) in [5.74, 6) is -0.212. The van der Waals surface area contributed by atoms with E-state index in [1.54, 1.807) is 23.1 Å². The Morgan fingerprint density at radius 2 is 1.68 bits per heavy atom. The van der Waals surface area contributed by atoms with E-state index >= 15 is 0 Å². The number of sulfonamides is 1. The van der Waals surface area contributed by atoms with E-state index in [1.165, 1.54) is 0 Å². The van der Waals surface area contributed by atoms with Crippen LogP contribution in [0.5, 0.6) is 0 Å². The minimum absolute atomic E-state index is 0.192. The Morgan fingerprint density at radius 1 is 1.00 bits per heavy atom. The third-order valence-corrected chi connectivity index (χ3v) is 6.11. The minimum Gasteiger partial charge on any atom is -0.311 e. The highest BCUT2D eigenvalue weighted by Crippen LogP contribution is 2.23. The van der Waals surface area contributed by atoms with Gasteiger partial charge >= 0.3 is 0 Å². The number of hydrogen-bond acceptors (Lipinski definition) is 3. The van der Waals surface area contributed by atoms with Crippen LogP contribution in [0, 0.1) is 20.8 Å². The van der Waals surface area contributed by atoms with E-state index in [0.717, 1.165) is 22.4 Å². The fourth-order valence-corrected chi connectivity index (χ4v) is 4.22. The molecule has 2 aromatic carbocycles. The lowest BCUT2D eigenvalue weighted by molar-refractivity contribution is -0.118. The van der Waals surface area contributed by atoms with E-state index in [1.807, 2.05) is 45.0 Å². The first-order valence-corrected chi connectivity index (χ1v) is 9.74. The third-order valence-electron chi connectivity index (χ3n) is 4.64. The van der Waals surface area contributed by atoms with Crippen LogP contribution in [0.4, 0.5) is 5.69 Å². The Balaban J connectivity index is 1.78. The fourth-order valence-electron chi connectivity index (χ4n) is 2.91. The molecule has 0 saturated carbocycles. The molecule has 1 fully saturated rings. The summed E-state index contributed by atoms with van der Waals surface area (Å²) in [5.41, 5.74) is 3.84. The van der Waals surface area contributed by atoms with Crippen molar-refractivity contribution in [3.8, 4) is 0 Å². The van der Waals surface area contributed by atoms with Crippen molar-refractivity contribution < 1.29 is 13.2 Å². The molecule has 2 aromatic rings. The van der Waals surface area contributed by atoms with E-state index in [9.17, 15) is 13.2 Å². The molecule has 1 aliphatic rings. The van der Waals surface area contributed by atoms with E-state index in [0.29, 0.717) is 13.0 Å². The lowest BCUT2D eigenvalue weighted by atomic mass is 10.1. The predicted octanol–water partition coefficient (Wildman–Crippen LogP) is 2.70. The number of benzene rings is 2. The van der Waals surface area contributed by atoms with Gasteiger partial charge < -0.3 is 4.90 Å². The summed E-state index contributed by atoms with van der Waals surface area (Å²) in [7, 11) is -3.73. The number of nitrogens with one attached hydrogen (secondary N) is 1. The molecule has 0 aromatic heterocycles. The second-order valence-electron chi connectivity index (χ2n) is 6.53. The number of anilines is 1. The smallest absolute Gasteiger partial charge is 0.245 e. The van der Waals surface area contributed by atoms with Crippen molar-refractivity contribution in [3.63, 3.8) is 0 Å². The van der Waals surface area contributed by atoms with Crippen LogP contribution in [-0.2, 0) is 14.8 Å². The summed E-state index contributed by atoms with van der Waals surface area (Å²) in [4.78, 5) is 14.4. The van der Waals surface area contributed by atoms with Crippen molar-refractivity contribution in [2.24, 2.45) is 0 Å². The Morgan fingerprint density at radius 3 is 2.32 bits per heavy atom. The van der Waals surface area contributed by atoms with Gasteiger partial charge in [-0.2, -0.15) is 4.72 Å². The van der Waals surface area contributed by atoms with Gasteiger partial charge in [-0.3, -0.25) is 4.79 Å². The Hall–Kier alpha value is -2.18. The van der Waals surface area contributed by atoms with Gasteiger partial charge in [0.25, 0.3) is 0 Å². The van der Waals surface area contributed by atoms with Crippen LogP contribution in [0.25, 0.3) is 0 Å². The van der Waals surface area contributed by atoms with E-state index < -0.39 is 16.1 Å². The molecule has 0 radical (unpaired) electrons. The topological polar surface area (TPSA) is 66.5 Å². The molecule has 1 heterocycles. The predicted molar refractivity (Wildman–Crippen MR) is 98.2 cm³/mol. The maximum Gasteiger partial charge on any atom is 0.245 e. The first kappa shape index (κ1) is 17.6. The van der Waals surface area contributed by atoms with Crippen LogP contribution in [0.3, 0.4) is 0 Å². The Bertz CT molecular complexity index is 905. The highest BCUT2D eigenvalue weighted by atomic mass is 32.2. The summed E-state index contributed by atoms with van der Waals surface area (Å²) in [5, 5.41) is 0. The average molecular weight is 358 g/mol. The summed E-state index contributed by atoms with van der Waals surface area (Å²) in [6.45, 7) is 6.28. The van der Waals surface area contributed by atoms with Crippen molar-refractivity contribution in [1.82, 2.24) is 4.72 Å². The molecule has 1 saturated heterocycles. The van der Waals surface area contributed by atoms with E-state index in [4.69, 9.17) is 0 Å². The van der Waals surface area contributed by atoms with Gasteiger partial charge in [0.15, 0.2) is 0 Å². The number of amides is 1. The van der Waals surface area contributed by atoms with Crippen molar-refractivity contribution >= 4 is 21.6 Å². The molecule has 0 bridgehead atoms. The van der Waals surface area contributed by atoms with Crippen molar-refractivity contribution in [1.29, 1.82) is 0 Å². The molecule has 1 unspecified atom stereocenters. The summed E-state index contributed by atoms with van der Waals surface area (Å²) < 4.78 is 27.8. The van der Waals surface area contributed by atoms with Gasteiger partial charge in [-0.05, 0) is 62.6 Å². The molecular formula is C19H22N2O3S. The van der Waals surface area contributed by atoms with E-state index in [-0.39, 0.29) is 10.8 Å². The largest absolute Gasteiger partial charge is 0.311 e. The molecular weight excluding hydrogens is 336 g/mol. The fraction of sp³-hybridized carbons (Fsp3) is 0.316. The Kier molecular flexibility index (Phi) is 4.67. The monoisotopic (exact) mass is 358 g/mol. The maximum atomic E-state index is 12.6. The van der Waals surface area contributed by atoms with Gasteiger partial charge in [-0.15, -0.1) is 0 Å². The van der Waals surface area contributed by atoms with Crippen molar-refractivity contribution in [2.75, 3.05) is 11.4 Å². The first-order valence-electron chi connectivity index (χ1n) is 8.25. The summed E-state index contributed by atoms with van der Waals surface area (Å²) in [6.07, 6.45) is 0.455. The lowest BCUT2D eigenvalue weighted by Gasteiger charge is -2.17. The lowest BCUT2D eigenvalue weighted by Crippen LogP contribution is -2.41. The van der Waals surface area contributed by atoms with Crippen LogP contribution in [0.15, 0.2) is 47.4 Å². The van der Waals surface area contributed by atoms with Gasteiger partial charge in [-0.1, -0.05) is 23.8 Å². The molecule has 5 nitrogen and oxygen atoms in total. The number of hydrogen-bond donors (Lipinski definition) is 1. The molecule has 1 N–H and O–H groups in total. The third kappa shape index (κ3) is 3.60. The number of rotatable bonds is 4. The second-order valence-corrected chi connectivity index (χ2v) is 8.25. The SMILES string of the molecule is Cc1ccc(N2CCC(NS(=O)(=O)c3ccc(C)c(C)c3)C2=O)cc1. The zero-order valence-corrected chi connectivity index (χ0v) is 15.4. The Labute approximate surface area is 148 Å². The summed E-state index contributed by atoms with van der Waals surface area (Å²) in [6, 6.07) is 11.9. The van der Waals surface area contributed by atoms with Gasteiger partial charge in [0.2, 0.25) is 15.9 Å². The van der Waals surface area contributed by atoms with Crippen LogP contribution < -0.4 is 9.62 Å². The molecule has 6 heteroatoms. The molecule has 0 spiro atoms. The zero-order chi connectivity index (χ0) is 18.2. The maximum absolute atomic E-state index is 12.6. The molecule has 1 aliphatic heterocycles. The number of carbonyl (C=O) groups is 1. The van der Waals surface area contributed by atoms with Crippen LogP contribution in [-0.4, -0.2) is 26.9 Å². The minimum atomic E-state index is -3.73. The molecule has 25 heavy (non-hydrogen) atoms. The van der Waals surface area contributed by atoms with Crippen molar-refractivity contribution in [2.45, 2.75) is 38.1 Å². The number of nitrogens with zero attached hydrogens (tertiary/aromatic N) is 1. The standard InChI is InChI=1S/C19H22N2O3S/c1-13-4-7-16(8-5-13)21-11-10-18(19(21)22)20-25(23,24)17-9-6-14(2)15(3)12-17/h4-9,12,18,20H,10-11H2,1-3H3. The number of carbonyl (C=O) groups excluding carboxylic acids is 1. The molecule has 3 rings (SSSR count).